The van der Waals surface area contributed by atoms with Gasteiger partial charge in [-0.1, -0.05) is 35.3 Å². The van der Waals surface area contributed by atoms with Gasteiger partial charge in [-0.25, -0.2) is 4.98 Å². The van der Waals surface area contributed by atoms with Crippen LogP contribution in [0.5, 0.6) is 5.75 Å². The van der Waals surface area contributed by atoms with Crippen molar-refractivity contribution in [2.75, 3.05) is 6.61 Å². The van der Waals surface area contributed by atoms with Crippen molar-refractivity contribution in [1.29, 1.82) is 0 Å². The smallest absolute Gasteiger partial charge is 0.148 e. The predicted octanol–water partition coefficient (Wildman–Crippen LogP) is 3.91. The number of aromatic nitrogens is 2. The van der Waals surface area contributed by atoms with Crippen LogP contribution < -0.4 is 4.74 Å². The third-order valence-corrected chi connectivity index (χ3v) is 3.84. The molecule has 1 aromatic heterocycles. The molecule has 0 bridgehead atoms. The third-order valence-electron chi connectivity index (χ3n) is 3.31. The monoisotopic (exact) mass is 336 g/mol. The molecule has 0 aliphatic rings. The van der Waals surface area contributed by atoms with Crippen LogP contribution in [0.1, 0.15) is 5.82 Å². The Morgan fingerprint density at radius 2 is 1.95 bits per heavy atom. The average molecular weight is 337 g/mol. The number of benzene rings is 2. The van der Waals surface area contributed by atoms with Gasteiger partial charge in [0.1, 0.15) is 18.2 Å². The van der Waals surface area contributed by atoms with Crippen LogP contribution in [0, 0.1) is 0 Å². The summed E-state index contributed by atoms with van der Waals surface area (Å²) in [4.78, 5) is 4.55. The fraction of sp³-hybridized carbons (Fsp3) is 0.188. The summed E-state index contributed by atoms with van der Waals surface area (Å²) in [5, 5.41) is 10.3. The Bertz CT molecular complexity index is 802. The Balaban J connectivity index is 1.88. The lowest BCUT2D eigenvalue weighted by Crippen LogP contribution is -2.09. The number of ether oxygens (including phenoxy) is 1. The molecule has 0 saturated heterocycles. The lowest BCUT2D eigenvalue weighted by molar-refractivity contribution is 0.260. The van der Waals surface area contributed by atoms with Gasteiger partial charge in [-0.15, -0.1) is 0 Å². The standard InChI is InChI=1S/C16H14Cl2N2O2/c17-11-5-6-15(12(18)9-11)22-10-16-19-13-3-1-2-4-14(13)20(16)7-8-21/h1-6,9,21H,7-8,10H2. The molecule has 114 valence electrons. The summed E-state index contributed by atoms with van der Waals surface area (Å²) >= 11 is 12.0. The highest BCUT2D eigenvalue weighted by Gasteiger charge is 2.11. The van der Waals surface area contributed by atoms with Crippen LogP contribution in [0.2, 0.25) is 10.0 Å². The molecule has 22 heavy (non-hydrogen) atoms. The van der Waals surface area contributed by atoms with E-state index in [9.17, 15) is 5.11 Å². The molecule has 1 heterocycles. The molecule has 4 nitrogen and oxygen atoms in total. The van der Waals surface area contributed by atoms with Gasteiger partial charge in [0.05, 0.1) is 22.7 Å². The van der Waals surface area contributed by atoms with Crippen LogP contribution >= 0.6 is 23.2 Å². The van der Waals surface area contributed by atoms with Crippen molar-refractivity contribution in [3.63, 3.8) is 0 Å². The topological polar surface area (TPSA) is 47.3 Å². The summed E-state index contributed by atoms with van der Waals surface area (Å²) in [6.45, 7) is 0.763. The number of hydrogen-bond acceptors (Lipinski definition) is 3. The first-order valence-corrected chi connectivity index (χ1v) is 7.57. The van der Waals surface area contributed by atoms with Crippen molar-refractivity contribution < 1.29 is 9.84 Å². The number of imidazole rings is 1. The summed E-state index contributed by atoms with van der Waals surface area (Å²) in [6.07, 6.45) is 0. The first kappa shape index (κ1) is 15.2. The normalized spacial score (nSPS) is 11.0. The number of fused-ring (bicyclic) bond motifs is 1. The first-order valence-electron chi connectivity index (χ1n) is 6.82. The molecule has 2 aromatic carbocycles. The highest BCUT2D eigenvalue weighted by molar-refractivity contribution is 6.35. The molecular weight excluding hydrogens is 323 g/mol. The second-order valence-electron chi connectivity index (χ2n) is 4.76. The zero-order valence-electron chi connectivity index (χ0n) is 11.7. The fourth-order valence-electron chi connectivity index (χ4n) is 2.32. The Morgan fingerprint density at radius 1 is 1.14 bits per heavy atom. The van der Waals surface area contributed by atoms with E-state index in [1.165, 1.54) is 0 Å². The molecule has 3 rings (SSSR count). The summed E-state index contributed by atoms with van der Waals surface area (Å²) in [5.74, 6) is 1.29. The summed E-state index contributed by atoms with van der Waals surface area (Å²) in [6, 6.07) is 12.9. The van der Waals surface area contributed by atoms with Crippen molar-refractivity contribution in [1.82, 2.24) is 9.55 Å². The highest BCUT2D eigenvalue weighted by Crippen LogP contribution is 2.28. The van der Waals surface area contributed by atoms with E-state index in [4.69, 9.17) is 27.9 Å². The maximum atomic E-state index is 9.26. The van der Waals surface area contributed by atoms with E-state index < -0.39 is 0 Å². The van der Waals surface area contributed by atoms with E-state index in [-0.39, 0.29) is 13.2 Å². The first-order chi connectivity index (χ1) is 10.7. The van der Waals surface area contributed by atoms with Crippen LogP contribution in [0.4, 0.5) is 0 Å². The van der Waals surface area contributed by atoms with Gasteiger partial charge in [-0.05, 0) is 30.3 Å². The molecule has 3 aromatic rings. The van der Waals surface area contributed by atoms with Crippen molar-refractivity contribution in [2.24, 2.45) is 0 Å². The van der Waals surface area contributed by atoms with Crippen LogP contribution in [-0.2, 0) is 13.2 Å². The Hall–Kier alpha value is -1.75. The van der Waals surface area contributed by atoms with Gasteiger partial charge in [0.25, 0.3) is 0 Å². The van der Waals surface area contributed by atoms with E-state index in [1.807, 2.05) is 28.8 Å². The molecule has 0 aliphatic heterocycles. The number of halogens is 2. The molecule has 0 atom stereocenters. The van der Waals surface area contributed by atoms with Gasteiger partial charge in [-0.3, -0.25) is 0 Å². The van der Waals surface area contributed by atoms with E-state index in [2.05, 4.69) is 4.98 Å². The maximum absolute atomic E-state index is 9.26. The quantitative estimate of drug-likeness (QED) is 0.768. The van der Waals surface area contributed by atoms with Crippen LogP contribution in [0.25, 0.3) is 11.0 Å². The molecule has 0 saturated carbocycles. The molecular formula is C16H14Cl2N2O2. The van der Waals surface area contributed by atoms with E-state index in [0.29, 0.717) is 22.3 Å². The third kappa shape index (κ3) is 3.04. The zero-order valence-corrected chi connectivity index (χ0v) is 13.2. The largest absolute Gasteiger partial charge is 0.484 e. The van der Waals surface area contributed by atoms with Gasteiger partial charge in [0.2, 0.25) is 0 Å². The Labute approximate surface area is 137 Å². The molecule has 0 aliphatic carbocycles. The highest BCUT2D eigenvalue weighted by atomic mass is 35.5. The lowest BCUT2D eigenvalue weighted by atomic mass is 10.3. The molecule has 0 amide bonds. The predicted molar refractivity (Wildman–Crippen MR) is 87.6 cm³/mol. The van der Waals surface area contributed by atoms with E-state index in [0.717, 1.165) is 16.9 Å². The number of aliphatic hydroxyl groups is 1. The van der Waals surface area contributed by atoms with Crippen molar-refractivity contribution in [3.05, 3.63) is 58.3 Å². The fourth-order valence-corrected chi connectivity index (χ4v) is 2.78. The average Bonchev–Trinajstić information content (AvgIpc) is 2.85. The Morgan fingerprint density at radius 3 is 2.73 bits per heavy atom. The minimum Gasteiger partial charge on any atom is -0.484 e. The maximum Gasteiger partial charge on any atom is 0.148 e. The molecule has 1 N–H and O–H groups in total. The zero-order chi connectivity index (χ0) is 15.5. The van der Waals surface area contributed by atoms with Crippen molar-refractivity contribution >= 4 is 34.2 Å². The van der Waals surface area contributed by atoms with Gasteiger partial charge >= 0.3 is 0 Å². The van der Waals surface area contributed by atoms with E-state index in [1.54, 1.807) is 18.2 Å². The molecule has 0 radical (unpaired) electrons. The molecule has 0 spiro atoms. The minimum atomic E-state index is 0.0368. The lowest BCUT2D eigenvalue weighted by Gasteiger charge is -2.10. The molecule has 0 fully saturated rings. The second-order valence-corrected chi connectivity index (χ2v) is 5.60. The number of rotatable bonds is 5. The molecule has 0 unspecified atom stereocenters. The number of para-hydroxylation sites is 2. The van der Waals surface area contributed by atoms with Gasteiger partial charge in [0, 0.05) is 11.6 Å². The Kier molecular flexibility index (Phi) is 4.52. The SMILES string of the molecule is OCCn1c(COc2ccc(Cl)cc2Cl)nc2ccccc21. The van der Waals surface area contributed by atoms with E-state index >= 15 is 0 Å². The number of hydrogen-bond donors (Lipinski definition) is 1. The van der Waals surface area contributed by atoms with Crippen LogP contribution in [0.15, 0.2) is 42.5 Å². The van der Waals surface area contributed by atoms with Gasteiger partial charge < -0.3 is 14.4 Å². The van der Waals surface area contributed by atoms with Gasteiger partial charge in [-0.2, -0.15) is 0 Å². The number of nitrogens with zero attached hydrogens (tertiary/aromatic N) is 2. The summed E-state index contributed by atoms with van der Waals surface area (Å²) in [7, 11) is 0. The summed E-state index contributed by atoms with van der Waals surface area (Å²) < 4.78 is 7.68. The minimum absolute atomic E-state index is 0.0368. The second kappa shape index (κ2) is 6.57. The van der Waals surface area contributed by atoms with Crippen molar-refractivity contribution in [3.8, 4) is 5.75 Å². The summed E-state index contributed by atoms with van der Waals surface area (Å²) in [5.41, 5.74) is 1.84. The van der Waals surface area contributed by atoms with Gasteiger partial charge in [0.15, 0.2) is 0 Å². The van der Waals surface area contributed by atoms with Crippen molar-refractivity contribution in [2.45, 2.75) is 13.2 Å². The van der Waals surface area contributed by atoms with Crippen LogP contribution in [-0.4, -0.2) is 21.3 Å². The van der Waals surface area contributed by atoms with Crippen LogP contribution in [0.3, 0.4) is 0 Å². The molecule has 6 heteroatoms. The number of aliphatic hydroxyl groups excluding tert-OH is 1.